The first kappa shape index (κ1) is 19.4. The van der Waals surface area contributed by atoms with E-state index in [0.717, 1.165) is 12.1 Å². The zero-order chi connectivity index (χ0) is 18.6. The van der Waals surface area contributed by atoms with Crippen LogP contribution in [-0.2, 0) is 6.18 Å². The van der Waals surface area contributed by atoms with Gasteiger partial charge < -0.3 is 14.8 Å². The Morgan fingerprint density at radius 1 is 1.24 bits per heavy atom. The van der Waals surface area contributed by atoms with Crippen molar-refractivity contribution < 1.29 is 27.4 Å². The van der Waals surface area contributed by atoms with E-state index in [1.807, 2.05) is 22.6 Å². The minimum Gasteiger partial charge on any atom is -0.492 e. The molecule has 8 heteroatoms. The number of anilines is 1. The molecule has 1 N–H and O–H groups in total. The lowest BCUT2D eigenvalue weighted by atomic mass is 10.1. The summed E-state index contributed by atoms with van der Waals surface area (Å²) in [4.78, 5) is 12.4. The summed E-state index contributed by atoms with van der Waals surface area (Å²) in [6, 6.07) is 7.53. The third-order valence-corrected chi connectivity index (χ3v) is 4.02. The molecule has 25 heavy (non-hydrogen) atoms. The molecule has 0 aliphatic heterocycles. The number of hydrogen-bond acceptors (Lipinski definition) is 3. The molecule has 0 aromatic heterocycles. The van der Waals surface area contributed by atoms with Crippen LogP contribution in [-0.4, -0.2) is 19.6 Å². The van der Waals surface area contributed by atoms with Crippen LogP contribution in [0.1, 0.15) is 22.8 Å². The Morgan fingerprint density at radius 2 is 1.96 bits per heavy atom. The van der Waals surface area contributed by atoms with E-state index < -0.39 is 17.6 Å². The van der Waals surface area contributed by atoms with Crippen molar-refractivity contribution in [2.45, 2.75) is 13.1 Å². The van der Waals surface area contributed by atoms with Gasteiger partial charge in [-0.05, 0) is 59.8 Å². The van der Waals surface area contributed by atoms with Crippen molar-refractivity contribution in [2.24, 2.45) is 0 Å². The normalized spacial score (nSPS) is 11.1. The summed E-state index contributed by atoms with van der Waals surface area (Å²) in [5.41, 5.74) is -0.515. The van der Waals surface area contributed by atoms with E-state index >= 15 is 0 Å². The van der Waals surface area contributed by atoms with E-state index in [2.05, 4.69) is 5.32 Å². The van der Waals surface area contributed by atoms with Crippen LogP contribution in [0, 0.1) is 3.57 Å². The molecular weight excluding hydrogens is 450 g/mol. The van der Waals surface area contributed by atoms with Crippen LogP contribution in [0.2, 0.25) is 0 Å². The number of halogens is 4. The van der Waals surface area contributed by atoms with Gasteiger partial charge in [0, 0.05) is 11.3 Å². The summed E-state index contributed by atoms with van der Waals surface area (Å²) in [7, 11) is 1.49. The first-order chi connectivity index (χ1) is 11.8. The Balaban J connectivity index is 2.30. The number of carbonyl (C=O) groups is 1. The summed E-state index contributed by atoms with van der Waals surface area (Å²) >= 11 is 2.00. The average molecular weight is 465 g/mol. The Morgan fingerprint density at radius 3 is 2.56 bits per heavy atom. The van der Waals surface area contributed by atoms with Gasteiger partial charge in [0.1, 0.15) is 0 Å². The van der Waals surface area contributed by atoms with Crippen LogP contribution in [0.15, 0.2) is 36.4 Å². The van der Waals surface area contributed by atoms with E-state index in [9.17, 15) is 18.0 Å². The van der Waals surface area contributed by atoms with Crippen LogP contribution < -0.4 is 14.8 Å². The van der Waals surface area contributed by atoms with Gasteiger partial charge in [0.05, 0.1) is 22.9 Å². The van der Waals surface area contributed by atoms with Crippen LogP contribution >= 0.6 is 22.6 Å². The molecule has 0 aliphatic carbocycles. The average Bonchev–Trinajstić information content (AvgIpc) is 2.54. The highest BCUT2D eigenvalue weighted by Crippen LogP contribution is 2.34. The number of ether oxygens (including phenoxy) is 2. The highest BCUT2D eigenvalue weighted by atomic mass is 127. The molecule has 0 saturated heterocycles. The number of alkyl halides is 3. The molecule has 2 aromatic rings. The van der Waals surface area contributed by atoms with Crippen molar-refractivity contribution in [1.82, 2.24) is 0 Å². The van der Waals surface area contributed by atoms with Crippen LogP contribution in [0.4, 0.5) is 18.9 Å². The number of rotatable bonds is 5. The van der Waals surface area contributed by atoms with Crippen molar-refractivity contribution >= 4 is 34.2 Å². The minimum absolute atomic E-state index is 0.0589. The largest absolute Gasteiger partial charge is 0.492 e. The number of methoxy groups -OCH3 is 1. The monoisotopic (exact) mass is 465 g/mol. The number of nitrogens with one attached hydrogen (secondary N) is 1. The van der Waals surface area contributed by atoms with E-state index in [1.165, 1.54) is 25.3 Å². The molecule has 0 unspecified atom stereocenters. The molecular formula is C17H15F3INO3. The van der Waals surface area contributed by atoms with E-state index in [-0.39, 0.29) is 11.3 Å². The quantitative estimate of drug-likeness (QED) is 0.635. The first-order valence-electron chi connectivity index (χ1n) is 7.25. The maximum absolute atomic E-state index is 12.8. The molecule has 2 aromatic carbocycles. The van der Waals surface area contributed by atoms with Gasteiger partial charge in [0.2, 0.25) is 0 Å². The maximum atomic E-state index is 12.8. The molecule has 0 aliphatic rings. The Hall–Kier alpha value is -1.97. The van der Waals surface area contributed by atoms with Crippen molar-refractivity contribution in [3.63, 3.8) is 0 Å². The van der Waals surface area contributed by atoms with Crippen molar-refractivity contribution in [3.05, 3.63) is 51.1 Å². The topological polar surface area (TPSA) is 47.6 Å². The van der Waals surface area contributed by atoms with Crippen molar-refractivity contribution in [1.29, 1.82) is 0 Å². The summed E-state index contributed by atoms with van der Waals surface area (Å²) < 4.78 is 49.6. The fourth-order valence-corrected chi connectivity index (χ4v) is 2.96. The second-order valence-electron chi connectivity index (χ2n) is 4.96. The molecule has 1 amide bonds. The van der Waals surface area contributed by atoms with Crippen LogP contribution in [0.3, 0.4) is 0 Å². The fraction of sp³-hybridized carbons (Fsp3) is 0.235. The second kappa shape index (κ2) is 7.94. The smallest absolute Gasteiger partial charge is 0.416 e. The molecule has 0 saturated carbocycles. The molecule has 0 atom stereocenters. The lowest BCUT2D eigenvalue weighted by Gasteiger charge is -2.14. The fourth-order valence-electron chi connectivity index (χ4n) is 2.14. The number of benzene rings is 2. The highest BCUT2D eigenvalue weighted by molar-refractivity contribution is 14.1. The van der Waals surface area contributed by atoms with Gasteiger partial charge in [-0.15, -0.1) is 0 Å². The summed E-state index contributed by atoms with van der Waals surface area (Å²) in [5, 5.41) is 2.47. The molecule has 0 fully saturated rings. The molecule has 4 nitrogen and oxygen atoms in total. The Kier molecular flexibility index (Phi) is 6.15. The number of carbonyl (C=O) groups excluding carboxylic acids is 1. The molecule has 134 valence electrons. The lowest BCUT2D eigenvalue weighted by Crippen LogP contribution is -2.14. The van der Waals surface area contributed by atoms with Gasteiger partial charge in [0.15, 0.2) is 11.5 Å². The van der Waals surface area contributed by atoms with Crippen molar-refractivity contribution in [2.75, 3.05) is 19.0 Å². The third-order valence-electron chi connectivity index (χ3n) is 3.22. The van der Waals surface area contributed by atoms with E-state index in [1.54, 1.807) is 13.0 Å². The predicted molar refractivity (Wildman–Crippen MR) is 96.3 cm³/mol. The predicted octanol–water partition coefficient (Wildman–Crippen LogP) is 4.97. The van der Waals surface area contributed by atoms with Gasteiger partial charge in [-0.25, -0.2) is 0 Å². The standard InChI is InChI=1S/C17H15F3INO3/c1-3-25-14-8-10(7-13(21)15(14)24-2)16(23)22-12-6-4-5-11(9-12)17(18,19)20/h4-9H,3H2,1-2H3,(H,22,23). The SMILES string of the molecule is CCOc1cc(C(=O)Nc2cccc(C(F)(F)F)c2)cc(I)c1OC. The zero-order valence-electron chi connectivity index (χ0n) is 13.4. The van der Waals surface area contributed by atoms with Crippen molar-refractivity contribution in [3.8, 4) is 11.5 Å². The Bertz CT molecular complexity index is 778. The van der Waals surface area contributed by atoms with Gasteiger partial charge in [-0.1, -0.05) is 6.07 Å². The summed E-state index contributed by atoms with van der Waals surface area (Å²) in [5.74, 6) is 0.352. The van der Waals surface area contributed by atoms with E-state index in [0.29, 0.717) is 21.7 Å². The number of hydrogen-bond donors (Lipinski definition) is 1. The zero-order valence-corrected chi connectivity index (χ0v) is 15.6. The second-order valence-corrected chi connectivity index (χ2v) is 6.12. The highest BCUT2D eigenvalue weighted by Gasteiger charge is 2.30. The van der Waals surface area contributed by atoms with Gasteiger partial charge in [-0.3, -0.25) is 4.79 Å². The van der Waals surface area contributed by atoms with Crippen LogP contribution in [0.25, 0.3) is 0 Å². The number of amides is 1. The van der Waals surface area contributed by atoms with Gasteiger partial charge >= 0.3 is 6.18 Å². The minimum atomic E-state index is -4.47. The summed E-state index contributed by atoms with van der Waals surface area (Å²) in [6.07, 6.45) is -4.47. The summed E-state index contributed by atoms with van der Waals surface area (Å²) in [6.45, 7) is 2.17. The van der Waals surface area contributed by atoms with Gasteiger partial charge in [0.25, 0.3) is 5.91 Å². The molecule has 2 rings (SSSR count). The molecule has 0 spiro atoms. The first-order valence-corrected chi connectivity index (χ1v) is 8.33. The lowest BCUT2D eigenvalue weighted by molar-refractivity contribution is -0.137. The third kappa shape index (κ3) is 4.77. The molecule has 0 heterocycles. The molecule has 0 radical (unpaired) electrons. The van der Waals surface area contributed by atoms with Crippen LogP contribution in [0.5, 0.6) is 11.5 Å². The van der Waals surface area contributed by atoms with Gasteiger partial charge in [-0.2, -0.15) is 13.2 Å². The molecule has 0 bridgehead atoms. The Labute approximate surface area is 156 Å². The van der Waals surface area contributed by atoms with E-state index in [4.69, 9.17) is 9.47 Å². The maximum Gasteiger partial charge on any atom is 0.416 e.